The highest BCUT2D eigenvalue weighted by Gasteiger charge is 2.30. The van der Waals surface area contributed by atoms with Gasteiger partial charge in [0.15, 0.2) is 5.82 Å². The minimum absolute atomic E-state index is 0.0739. The molecule has 2 atom stereocenters. The van der Waals surface area contributed by atoms with E-state index in [1.807, 2.05) is 0 Å². The van der Waals surface area contributed by atoms with E-state index in [9.17, 15) is 14.4 Å². The van der Waals surface area contributed by atoms with Gasteiger partial charge in [-0.3, -0.25) is 4.68 Å². The van der Waals surface area contributed by atoms with Crippen LogP contribution < -0.4 is 10.1 Å². The summed E-state index contributed by atoms with van der Waals surface area (Å²) in [5.41, 5.74) is 0.470. The summed E-state index contributed by atoms with van der Waals surface area (Å²) >= 11 is 0. The molecule has 1 unspecified atom stereocenters. The van der Waals surface area contributed by atoms with Crippen LogP contribution in [0.25, 0.3) is 0 Å². The fraction of sp³-hybridized carbons (Fsp3) is 0.444. The molecule has 0 saturated carbocycles. The number of methoxy groups -OCH3 is 1. The van der Waals surface area contributed by atoms with Crippen LogP contribution in [0.2, 0.25) is 0 Å². The average Bonchev–Trinajstić information content (AvgIpc) is 3.11. The molecule has 148 valence electrons. The molecule has 1 aliphatic heterocycles. The molecule has 1 fully saturated rings. The molecule has 3 rings (SSSR count). The van der Waals surface area contributed by atoms with E-state index in [4.69, 9.17) is 14.2 Å². The number of nitrogens with one attached hydrogen (secondary N) is 1. The van der Waals surface area contributed by atoms with Gasteiger partial charge in [0.05, 0.1) is 38.4 Å². The van der Waals surface area contributed by atoms with Gasteiger partial charge in [-0.1, -0.05) is 0 Å². The number of aromatic nitrogens is 3. The van der Waals surface area contributed by atoms with Gasteiger partial charge in [0.2, 0.25) is 11.8 Å². The van der Waals surface area contributed by atoms with Gasteiger partial charge in [-0.05, 0) is 13.3 Å². The van der Waals surface area contributed by atoms with Crippen LogP contribution in [0.15, 0.2) is 18.3 Å². The quantitative estimate of drug-likeness (QED) is 0.592. The molecule has 2 aromatic rings. The molecule has 0 amide bonds. The lowest BCUT2D eigenvalue weighted by atomic mass is 9.97. The lowest BCUT2D eigenvalue weighted by molar-refractivity contribution is 0.0340. The zero-order valence-electron chi connectivity index (χ0n) is 15.5. The van der Waals surface area contributed by atoms with Gasteiger partial charge in [-0.25, -0.2) is 4.79 Å². The van der Waals surface area contributed by atoms with Gasteiger partial charge in [0.25, 0.3) is 0 Å². The van der Waals surface area contributed by atoms with Crippen LogP contribution in [0.1, 0.15) is 29.7 Å². The molecular formula is C18H20FN5O4. The van der Waals surface area contributed by atoms with Gasteiger partial charge in [0.1, 0.15) is 5.56 Å². The van der Waals surface area contributed by atoms with Crippen molar-refractivity contribution in [2.45, 2.75) is 19.4 Å². The van der Waals surface area contributed by atoms with Crippen molar-refractivity contribution in [1.82, 2.24) is 14.8 Å². The second-order valence-electron chi connectivity index (χ2n) is 6.10. The monoisotopic (exact) mass is 389 g/mol. The number of carbonyl (C=O) groups is 1. The SMILES string of the molecule is CCOC(=O)c1cn([C@H]2COCCC2C#N)nc1Nc1cc(F)nc(OC)c1. The molecule has 0 bridgehead atoms. The minimum atomic E-state index is -0.746. The van der Waals surface area contributed by atoms with Crippen LogP contribution >= 0.6 is 0 Å². The molecule has 0 aliphatic carbocycles. The number of carbonyl (C=O) groups excluding carboxylic acids is 1. The number of rotatable bonds is 6. The number of halogens is 1. The minimum Gasteiger partial charge on any atom is -0.481 e. The molecule has 2 aromatic heterocycles. The molecule has 0 radical (unpaired) electrons. The molecule has 1 N–H and O–H groups in total. The highest BCUT2D eigenvalue weighted by atomic mass is 19.1. The molecular weight excluding hydrogens is 369 g/mol. The van der Waals surface area contributed by atoms with Gasteiger partial charge in [-0.2, -0.15) is 19.7 Å². The second kappa shape index (κ2) is 8.67. The third-order valence-corrected chi connectivity index (χ3v) is 4.30. The summed E-state index contributed by atoms with van der Waals surface area (Å²) in [5.74, 6) is -1.37. The highest BCUT2D eigenvalue weighted by molar-refractivity contribution is 5.95. The van der Waals surface area contributed by atoms with Gasteiger partial charge in [-0.15, -0.1) is 0 Å². The van der Waals surface area contributed by atoms with Gasteiger partial charge in [0, 0.05) is 30.6 Å². The summed E-state index contributed by atoms with van der Waals surface area (Å²) in [4.78, 5) is 16.0. The van der Waals surface area contributed by atoms with Crippen LogP contribution in [0, 0.1) is 23.2 Å². The number of hydrogen-bond acceptors (Lipinski definition) is 8. The highest BCUT2D eigenvalue weighted by Crippen LogP contribution is 2.29. The molecule has 3 heterocycles. The Labute approximate surface area is 161 Å². The Morgan fingerprint density at radius 3 is 3.07 bits per heavy atom. The van der Waals surface area contributed by atoms with Crippen LogP contribution in [0.3, 0.4) is 0 Å². The van der Waals surface area contributed by atoms with E-state index in [0.717, 1.165) is 6.07 Å². The summed E-state index contributed by atoms with van der Waals surface area (Å²) in [6, 6.07) is 4.54. The van der Waals surface area contributed by atoms with Crippen LogP contribution in [0.5, 0.6) is 5.88 Å². The zero-order valence-corrected chi connectivity index (χ0v) is 15.5. The molecule has 10 heteroatoms. The van der Waals surface area contributed by atoms with Crippen molar-refractivity contribution in [2.75, 3.05) is 32.2 Å². The molecule has 9 nitrogen and oxygen atoms in total. The van der Waals surface area contributed by atoms with Crippen molar-refractivity contribution in [1.29, 1.82) is 5.26 Å². The summed E-state index contributed by atoms with van der Waals surface area (Å²) in [5, 5.41) is 16.7. The third-order valence-electron chi connectivity index (χ3n) is 4.30. The van der Waals surface area contributed by atoms with Crippen molar-refractivity contribution in [3.63, 3.8) is 0 Å². The maximum absolute atomic E-state index is 13.7. The first-order chi connectivity index (χ1) is 13.5. The largest absolute Gasteiger partial charge is 0.481 e. The predicted molar refractivity (Wildman–Crippen MR) is 95.8 cm³/mol. The van der Waals surface area contributed by atoms with Gasteiger partial charge >= 0.3 is 5.97 Å². The van der Waals surface area contributed by atoms with Crippen LogP contribution in [-0.4, -0.2) is 47.7 Å². The van der Waals surface area contributed by atoms with E-state index in [0.29, 0.717) is 25.3 Å². The summed E-state index contributed by atoms with van der Waals surface area (Å²) in [6.45, 7) is 2.69. The fourth-order valence-electron chi connectivity index (χ4n) is 2.93. The van der Waals surface area contributed by atoms with Crippen molar-refractivity contribution in [3.8, 4) is 11.9 Å². The first-order valence-corrected chi connectivity index (χ1v) is 8.78. The predicted octanol–water partition coefficient (Wildman–Crippen LogP) is 2.45. The number of pyridine rings is 1. The second-order valence-corrected chi connectivity index (χ2v) is 6.10. The van der Waals surface area contributed by atoms with E-state index in [1.54, 1.807) is 6.92 Å². The Bertz CT molecular complexity index is 895. The lowest BCUT2D eigenvalue weighted by Crippen LogP contribution is -2.29. The number of hydrogen-bond donors (Lipinski definition) is 1. The molecule has 1 saturated heterocycles. The molecule has 0 aromatic carbocycles. The summed E-state index contributed by atoms with van der Waals surface area (Å²) in [7, 11) is 1.37. The number of nitriles is 1. The van der Waals surface area contributed by atoms with Crippen molar-refractivity contribution in [3.05, 3.63) is 29.8 Å². The van der Waals surface area contributed by atoms with E-state index in [2.05, 4.69) is 21.5 Å². The molecule has 0 spiro atoms. The zero-order chi connectivity index (χ0) is 20.1. The van der Waals surface area contributed by atoms with E-state index in [1.165, 1.54) is 24.1 Å². The normalized spacial score (nSPS) is 18.9. The number of esters is 1. The van der Waals surface area contributed by atoms with Crippen LogP contribution in [-0.2, 0) is 9.47 Å². The first-order valence-electron chi connectivity index (χ1n) is 8.78. The van der Waals surface area contributed by atoms with Crippen molar-refractivity contribution >= 4 is 17.5 Å². The van der Waals surface area contributed by atoms with E-state index >= 15 is 0 Å². The van der Waals surface area contributed by atoms with E-state index in [-0.39, 0.29) is 35.8 Å². The smallest absolute Gasteiger partial charge is 0.343 e. The van der Waals surface area contributed by atoms with Crippen molar-refractivity contribution < 1.29 is 23.4 Å². The Balaban J connectivity index is 1.97. The third kappa shape index (κ3) is 4.20. The molecule has 28 heavy (non-hydrogen) atoms. The topological polar surface area (TPSA) is 111 Å². The number of nitrogens with zero attached hydrogens (tertiary/aromatic N) is 4. The Morgan fingerprint density at radius 2 is 2.36 bits per heavy atom. The van der Waals surface area contributed by atoms with Crippen LogP contribution in [0.4, 0.5) is 15.9 Å². The summed E-state index contributed by atoms with van der Waals surface area (Å²) in [6.07, 6.45) is 2.09. The van der Waals surface area contributed by atoms with Crippen molar-refractivity contribution in [2.24, 2.45) is 5.92 Å². The number of ether oxygens (including phenoxy) is 3. The summed E-state index contributed by atoms with van der Waals surface area (Å²) < 4.78 is 30.7. The lowest BCUT2D eigenvalue weighted by Gasteiger charge is -2.26. The average molecular weight is 389 g/mol. The standard InChI is InChI=1S/C18H20FN5O4/c1-3-28-18(25)13-9-24(14-10-27-5-4-11(14)8-20)23-17(13)21-12-6-15(19)22-16(7-12)26-2/h6-7,9,11,14H,3-5,10H2,1-2H3,(H,21,22,23)/t11?,14-/m0/s1. The Hall–Kier alpha value is -3.19. The Morgan fingerprint density at radius 1 is 1.54 bits per heavy atom. The maximum atomic E-state index is 13.7. The maximum Gasteiger partial charge on any atom is 0.343 e. The fourth-order valence-corrected chi connectivity index (χ4v) is 2.93. The Kier molecular flexibility index (Phi) is 6.06. The van der Waals surface area contributed by atoms with E-state index < -0.39 is 11.9 Å². The first kappa shape index (κ1) is 19.6. The number of anilines is 2. The van der Waals surface area contributed by atoms with Gasteiger partial charge < -0.3 is 19.5 Å². The molecule has 1 aliphatic rings.